The summed E-state index contributed by atoms with van der Waals surface area (Å²) in [4.78, 5) is 21.4. The van der Waals surface area contributed by atoms with Crippen molar-refractivity contribution in [1.82, 2.24) is 14.8 Å². The SMILES string of the molecule is C[C@H]1Oc2ccc(C3CCN(C4CN(C(=O)OC(C)(C)C)C4)CC3)cc2Nc2nccc(C3CCOCC3)c21. The van der Waals surface area contributed by atoms with Gasteiger partial charge in [-0.25, -0.2) is 9.78 Å². The van der Waals surface area contributed by atoms with Crippen LogP contribution in [0.3, 0.4) is 0 Å². The lowest BCUT2D eigenvalue weighted by Crippen LogP contribution is -2.62. The van der Waals surface area contributed by atoms with Gasteiger partial charge >= 0.3 is 6.09 Å². The third-order valence-corrected chi connectivity index (χ3v) is 8.68. The minimum atomic E-state index is -0.447. The van der Waals surface area contributed by atoms with Crippen molar-refractivity contribution >= 4 is 17.6 Å². The van der Waals surface area contributed by atoms with E-state index in [1.807, 2.05) is 31.9 Å². The average molecular weight is 535 g/mol. The zero-order valence-corrected chi connectivity index (χ0v) is 23.7. The van der Waals surface area contributed by atoms with Crippen molar-refractivity contribution in [1.29, 1.82) is 0 Å². The lowest BCUT2D eigenvalue weighted by Gasteiger charge is -2.47. The molecule has 0 radical (unpaired) electrons. The van der Waals surface area contributed by atoms with Crippen LogP contribution in [0.15, 0.2) is 30.5 Å². The van der Waals surface area contributed by atoms with Gasteiger partial charge in [0.2, 0.25) is 0 Å². The Morgan fingerprint density at radius 1 is 1.05 bits per heavy atom. The van der Waals surface area contributed by atoms with Crippen molar-refractivity contribution in [3.63, 3.8) is 0 Å². The maximum Gasteiger partial charge on any atom is 0.410 e. The van der Waals surface area contributed by atoms with Gasteiger partial charge in [-0.2, -0.15) is 0 Å². The molecule has 4 aliphatic heterocycles. The van der Waals surface area contributed by atoms with Crippen LogP contribution in [0.1, 0.15) is 88.0 Å². The number of nitrogens with zero attached hydrogens (tertiary/aromatic N) is 3. The summed E-state index contributed by atoms with van der Waals surface area (Å²) in [5.74, 6) is 2.79. The zero-order chi connectivity index (χ0) is 27.1. The Morgan fingerprint density at radius 3 is 2.51 bits per heavy atom. The van der Waals surface area contributed by atoms with E-state index in [1.54, 1.807) is 0 Å². The molecule has 8 nitrogen and oxygen atoms in total. The minimum Gasteiger partial charge on any atom is -0.484 e. The first-order valence-corrected chi connectivity index (χ1v) is 14.6. The third kappa shape index (κ3) is 5.59. The molecule has 0 aliphatic carbocycles. The number of carbonyl (C=O) groups is 1. The van der Waals surface area contributed by atoms with Gasteiger partial charge in [-0.1, -0.05) is 6.07 Å². The van der Waals surface area contributed by atoms with Crippen molar-refractivity contribution in [3.8, 4) is 5.75 Å². The van der Waals surface area contributed by atoms with Gasteiger partial charge < -0.3 is 24.4 Å². The highest BCUT2D eigenvalue weighted by Crippen LogP contribution is 2.44. The Kier molecular flexibility index (Phi) is 7.18. The van der Waals surface area contributed by atoms with Crippen LogP contribution < -0.4 is 10.1 Å². The smallest absolute Gasteiger partial charge is 0.410 e. The number of aromatic nitrogens is 1. The zero-order valence-electron chi connectivity index (χ0n) is 23.7. The average Bonchev–Trinajstić information content (AvgIpc) is 3.03. The first kappa shape index (κ1) is 26.4. The fourth-order valence-corrected chi connectivity index (χ4v) is 6.52. The van der Waals surface area contributed by atoms with Crippen molar-refractivity contribution < 1.29 is 19.0 Å². The number of hydrogen-bond donors (Lipinski definition) is 1. The molecule has 3 saturated heterocycles. The molecule has 1 aromatic heterocycles. The predicted octanol–water partition coefficient (Wildman–Crippen LogP) is 5.97. The largest absolute Gasteiger partial charge is 0.484 e. The monoisotopic (exact) mass is 534 g/mol. The summed E-state index contributed by atoms with van der Waals surface area (Å²) in [5, 5.41) is 3.64. The van der Waals surface area contributed by atoms with E-state index in [2.05, 4.69) is 41.4 Å². The van der Waals surface area contributed by atoms with Crippen LogP contribution in [0, 0.1) is 0 Å². The predicted molar refractivity (Wildman–Crippen MR) is 151 cm³/mol. The van der Waals surface area contributed by atoms with Crippen LogP contribution in [-0.2, 0) is 9.47 Å². The van der Waals surface area contributed by atoms with Gasteiger partial charge in [0.25, 0.3) is 0 Å². The number of rotatable bonds is 3. The Morgan fingerprint density at radius 2 is 1.79 bits per heavy atom. The number of fused-ring (bicyclic) bond motifs is 2. The van der Waals surface area contributed by atoms with Crippen molar-refractivity contribution in [2.75, 3.05) is 44.7 Å². The standard InChI is InChI=1S/C31H42N4O4/c1-20-28-25(22-10-15-37-16-11-22)7-12-32-29(28)33-26-17-23(5-6-27(26)38-20)21-8-13-34(14-9-21)24-18-35(19-24)30(36)39-31(2,3)4/h5-7,12,17,20-22,24H,8-11,13-16,18-19H2,1-4H3,(H,32,33)/t20-/m1/s1. The number of ether oxygens (including phenoxy) is 3. The molecule has 2 aromatic rings. The van der Waals surface area contributed by atoms with Gasteiger partial charge in [0.15, 0.2) is 0 Å². The van der Waals surface area contributed by atoms with Crippen LogP contribution in [0.25, 0.3) is 0 Å². The summed E-state index contributed by atoms with van der Waals surface area (Å²) >= 11 is 0. The van der Waals surface area contributed by atoms with E-state index < -0.39 is 5.60 Å². The molecule has 1 N–H and O–H groups in total. The van der Waals surface area contributed by atoms with Crippen LogP contribution in [0.4, 0.5) is 16.3 Å². The van der Waals surface area contributed by atoms with Gasteiger partial charge in [-0.3, -0.25) is 4.90 Å². The van der Waals surface area contributed by atoms with E-state index in [0.717, 1.165) is 82.3 Å². The highest BCUT2D eigenvalue weighted by atomic mass is 16.6. The summed E-state index contributed by atoms with van der Waals surface area (Å²) in [6.07, 6.45) is 5.97. The summed E-state index contributed by atoms with van der Waals surface area (Å²) in [7, 11) is 0. The van der Waals surface area contributed by atoms with E-state index in [1.165, 1.54) is 16.7 Å². The Hall–Kier alpha value is -2.84. The first-order valence-electron chi connectivity index (χ1n) is 14.6. The van der Waals surface area contributed by atoms with Gasteiger partial charge in [0.05, 0.1) is 5.69 Å². The van der Waals surface area contributed by atoms with E-state index in [4.69, 9.17) is 19.2 Å². The normalized spacial score (nSPS) is 23.1. The molecular formula is C31H42N4O4. The molecule has 1 aromatic carbocycles. The number of carbonyl (C=O) groups excluding carboxylic acids is 1. The molecule has 3 fully saturated rings. The minimum absolute atomic E-state index is 0.0721. The molecule has 1 atom stereocenters. The van der Waals surface area contributed by atoms with Gasteiger partial charge in [-0.05, 0) is 108 Å². The molecule has 0 spiro atoms. The van der Waals surface area contributed by atoms with Gasteiger partial charge in [0, 0.05) is 44.1 Å². The molecular weight excluding hydrogens is 492 g/mol. The Balaban J connectivity index is 1.10. The third-order valence-electron chi connectivity index (χ3n) is 8.68. The van der Waals surface area contributed by atoms with E-state index >= 15 is 0 Å². The lowest BCUT2D eigenvalue weighted by molar-refractivity contribution is -0.0196. The summed E-state index contributed by atoms with van der Waals surface area (Å²) < 4.78 is 17.6. The van der Waals surface area contributed by atoms with Crippen molar-refractivity contribution in [2.45, 2.75) is 83.0 Å². The van der Waals surface area contributed by atoms with Crippen LogP contribution in [0.2, 0.25) is 0 Å². The van der Waals surface area contributed by atoms with E-state index in [9.17, 15) is 4.79 Å². The highest BCUT2D eigenvalue weighted by Gasteiger charge is 2.38. The molecule has 8 heteroatoms. The van der Waals surface area contributed by atoms with E-state index in [0.29, 0.717) is 17.9 Å². The molecule has 4 aliphatic rings. The van der Waals surface area contributed by atoms with Crippen molar-refractivity contribution in [2.24, 2.45) is 0 Å². The van der Waals surface area contributed by atoms with Gasteiger partial charge in [-0.15, -0.1) is 0 Å². The highest BCUT2D eigenvalue weighted by molar-refractivity contribution is 5.70. The fraction of sp³-hybridized carbons (Fsp3) is 0.613. The molecule has 0 bridgehead atoms. The summed E-state index contributed by atoms with van der Waals surface area (Å²) in [6.45, 7) is 13.1. The Bertz CT molecular complexity index is 1190. The Labute approximate surface area is 232 Å². The molecule has 39 heavy (non-hydrogen) atoms. The number of likely N-dealkylation sites (tertiary alicyclic amines) is 2. The number of piperidine rings is 1. The molecule has 0 unspecified atom stereocenters. The molecule has 210 valence electrons. The number of amides is 1. The van der Waals surface area contributed by atoms with Crippen LogP contribution >= 0.6 is 0 Å². The number of benzene rings is 1. The first-order chi connectivity index (χ1) is 18.7. The number of hydrogen-bond acceptors (Lipinski definition) is 7. The lowest BCUT2D eigenvalue weighted by atomic mass is 9.87. The van der Waals surface area contributed by atoms with Crippen LogP contribution in [0.5, 0.6) is 5.75 Å². The number of anilines is 2. The topological polar surface area (TPSA) is 76.2 Å². The maximum absolute atomic E-state index is 12.3. The fourth-order valence-electron chi connectivity index (χ4n) is 6.52. The summed E-state index contributed by atoms with van der Waals surface area (Å²) in [6, 6.07) is 9.25. The number of nitrogens with one attached hydrogen (secondary N) is 1. The van der Waals surface area contributed by atoms with Crippen molar-refractivity contribution in [3.05, 3.63) is 47.2 Å². The van der Waals surface area contributed by atoms with Crippen LogP contribution in [-0.4, -0.2) is 71.9 Å². The summed E-state index contributed by atoms with van der Waals surface area (Å²) in [5.41, 5.74) is 4.42. The number of pyridine rings is 1. The molecule has 6 rings (SSSR count). The molecule has 0 saturated carbocycles. The van der Waals surface area contributed by atoms with E-state index in [-0.39, 0.29) is 12.2 Å². The second-order valence-electron chi connectivity index (χ2n) is 12.5. The second kappa shape index (κ2) is 10.6. The van der Waals surface area contributed by atoms with Gasteiger partial charge in [0.1, 0.15) is 23.3 Å². The maximum atomic E-state index is 12.3. The second-order valence-corrected chi connectivity index (χ2v) is 12.5. The quantitative estimate of drug-likeness (QED) is 0.520. The molecule has 1 amide bonds. The molecule has 5 heterocycles.